The SMILES string of the molecule is COc1ccc(-c2ccc(=O)n(CC(=O)Nc3cccc(C)c3C)n2)cc1. The van der Waals surface area contributed by atoms with E-state index in [0.29, 0.717) is 5.69 Å². The van der Waals surface area contributed by atoms with Gasteiger partial charge in [0.15, 0.2) is 0 Å². The molecule has 0 unspecified atom stereocenters. The Hall–Kier alpha value is -3.41. The van der Waals surface area contributed by atoms with Crippen LogP contribution in [0.15, 0.2) is 59.4 Å². The van der Waals surface area contributed by atoms with E-state index in [0.717, 1.165) is 28.1 Å². The van der Waals surface area contributed by atoms with Gasteiger partial charge in [0.25, 0.3) is 5.56 Å². The summed E-state index contributed by atoms with van der Waals surface area (Å²) in [5.41, 5.74) is 3.93. The van der Waals surface area contributed by atoms with E-state index in [9.17, 15) is 9.59 Å². The predicted molar refractivity (Wildman–Crippen MR) is 105 cm³/mol. The van der Waals surface area contributed by atoms with Gasteiger partial charge in [-0.1, -0.05) is 12.1 Å². The molecule has 0 atom stereocenters. The summed E-state index contributed by atoms with van der Waals surface area (Å²) in [5, 5.41) is 7.17. The molecule has 2 aromatic carbocycles. The van der Waals surface area contributed by atoms with Crippen LogP contribution in [0, 0.1) is 13.8 Å². The van der Waals surface area contributed by atoms with Crippen molar-refractivity contribution in [3.05, 3.63) is 76.1 Å². The van der Waals surface area contributed by atoms with E-state index in [1.807, 2.05) is 56.3 Å². The fourth-order valence-corrected chi connectivity index (χ4v) is 2.69. The Morgan fingerprint density at radius 3 is 2.52 bits per heavy atom. The molecule has 0 fully saturated rings. The number of hydrogen-bond donors (Lipinski definition) is 1. The maximum Gasteiger partial charge on any atom is 0.267 e. The molecule has 1 N–H and O–H groups in total. The van der Waals surface area contributed by atoms with Gasteiger partial charge in [0.2, 0.25) is 5.91 Å². The van der Waals surface area contributed by atoms with E-state index in [-0.39, 0.29) is 18.0 Å². The zero-order valence-corrected chi connectivity index (χ0v) is 15.5. The summed E-state index contributed by atoms with van der Waals surface area (Å²) in [4.78, 5) is 24.5. The molecule has 0 radical (unpaired) electrons. The lowest BCUT2D eigenvalue weighted by Gasteiger charge is -2.11. The van der Waals surface area contributed by atoms with Crippen LogP contribution >= 0.6 is 0 Å². The minimum atomic E-state index is -0.330. The maximum absolute atomic E-state index is 12.4. The molecule has 138 valence electrons. The second-order valence-electron chi connectivity index (χ2n) is 6.24. The predicted octanol–water partition coefficient (Wildman–Crippen LogP) is 3.17. The Kier molecular flexibility index (Phi) is 5.35. The van der Waals surface area contributed by atoms with Crippen molar-refractivity contribution in [3.63, 3.8) is 0 Å². The number of nitrogens with one attached hydrogen (secondary N) is 1. The summed E-state index contributed by atoms with van der Waals surface area (Å²) in [6.45, 7) is 3.77. The molecule has 0 saturated carbocycles. The second-order valence-corrected chi connectivity index (χ2v) is 6.24. The first kappa shape index (κ1) is 18.4. The third kappa shape index (κ3) is 4.23. The number of amides is 1. The van der Waals surface area contributed by atoms with Gasteiger partial charge in [-0.25, -0.2) is 4.68 Å². The Labute approximate surface area is 157 Å². The number of carbonyl (C=O) groups excluding carboxylic acids is 1. The number of rotatable bonds is 5. The number of anilines is 1. The number of aromatic nitrogens is 2. The lowest BCUT2D eigenvalue weighted by molar-refractivity contribution is -0.117. The smallest absolute Gasteiger partial charge is 0.267 e. The number of ether oxygens (including phenoxy) is 1. The Bertz CT molecular complexity index is 1020. The summed E-state index contributed by atoms with van der Waals surface area (Å²) >= 11 is 0. The van der Waals surface area contributed by atoms with E-state index in [1.54, 1.807) is 13.2 Å². The van der Waals surface area contributed by atoms with Crippen molar-refractivity contribution in [2.24, 2.45) is 0 Å². The van der Waals surface area contributed by atoms with E-state index < -0.39 is 0 Å². The van der Waals surface area contributed by atoms with Crippen molar-refractivity contribution in [2.45, 2.75) is 20.4 Å². The minimum absolute atomic E-state index is 0.157. The number of benzene rings is 2. The molecule has 1 heterocycles. The highest BCUT2D eigenvalue weighted by Gasteiger charge is 2.10. The molecule has 6 heteroatoms. The molecule has 0 spiro atoms. The standard InChI is InChI=1S/C21H21N3O3/c1-14-5-4-6-18(15(14)2)22-20(25)13-24-21(26)12-11-19(23-24)16-7-9-17(27-3)10-8-16/h4-12H,13H2,1-3H3,(H,22,25). The lowest BCUT2D eigenvalue weighted by atomic mass is 10.1. The first-order valence-corrected chi connectivity index (χ1v) is 8.56. The van der Waals surface area contributed by atoms with Gasteiger partial charge in [0.1, 0.15) is 12.3 Å². The highest BCUT2D eigenvalue weighted by atomic mass is 16.5. The molecule has 0 aliphatic carbocycles. The molecule has 3 rings (SSSR count). The first-order valence-electron chi connectivity index (χ1n) is 8.56. The van der Waals surface area contributed by atoms with Gasteiger partial charge >= 0.3 is 0 Å². The Morgan fingerprint density at radius 2 is 1.81 bits per heavy atom. The molecule has 3 aromatic rings. The summed E-state index contributed by atoms with van der Waals surface area (Å²) in [5.74, 6) is 0.435. The van der Waals surface area contributed by atoms with Crippen LogP contribution in [0.2, 0.25) is 0 Å². The number of methoxy groups -OCH3 is 1. The zero-order chi connectivity index (χ0) is 19.4. The van der Waals surface area contributed by atoms with Crippen LogP contribution < -0.4 is 15.6 Å². The summed E-state index contributed by atoms with van der Waals surface area (Å²) in [6, 6.07) is 16.1. The van der Waals surface area contributed by atoms with Crippen molar-refractivity contribution in [3.8, 4) is 17.0 Å². The Morgan fingerprint density at radius 1 is 1.07 bits per heavy atom. The van der Waals surface area contributed by atoms with Gasteiger partial charge in [-0.05, 0) is 61.4 Å². The number of aryl methyl sites for hydroxylation is 1. The van der Waals surface area contributed by atoms with Crippen molar-refractivity contribution in [1.82, 2.24) is 9.78 Å². The van der Waals surface area contributed by atoms with Gasteiger partial charge in [-0.2, -0.15) is 5.10 Å². The molecule has 0 bridgehead atoms. The fourth-order valence-electron chi connectivity index (χ4n) is 2.69. The van der Waals surface area contributed by atoms with Crippen molar-refractivity contribution < 1.29 is 9.53 Å². The second kappa shape index (κ2) is 7.86. The van der Waals surface area contributed by atoms with Crippen molar-refractivity contribution >= 4 is 11.6 Å². The normalized spacial score (nSPS) is 10.5. The highest BCUT2D eigenvalue weighted by Crippen LogP contribution is 2.20. The quantitative estimate of drug-likeness (QED) is 0.756. The third-order valence-electron chi connectivity index (χ3n) is 4.42. The number of carbonyl (C=O) groups is 1. The summed E-state index contributed by atoms with van der Waals surface area (Å²) < 4.78 is 6.31. The van der Waals surface area contributed by atoms with Crippen molar-refractivity contribution in [2.75, 3.05) is 12.4 Å². The average molecular weight is 363 g/mol. The van der Waals surface area contributed by atoms with Crippen molar-refractivity contribution in [1.29, 1.82) is 0 Å². The van der Waals surface area contributed by atoms with Crippen LogP contribution in [0.5, 0.6) is 5.75 Å². The summed E-state index contributed by atoms with van der Waals surface area (Å²) in [6.07, 6.45) is 0. The Balaban J connectivity index is 1.80. The van der Waals surface area contributed by atoms with Gasteiger partial charge in [-0.15, -0.1) is 0 Å². The third-order valence-corrected chi connectivity index (χ3v) is 4.42. The highest BCUT2D eigenvalue weighted by molar-refractivity contribution is 5.91. The maximum atomic E-state index is 12.4. The largest absolute Gasteiger partial charge is 0.497 e. The van der Waals surface area contributed by atoms with Crippen LogP contribution in [0.4, 0.5) is 5.69 Å². The van der Waals surface area contributed by atoms with Crippen LogP contribution in [0.3, 0.4) is 0 Å². The lowest BCUT2D eigenvalue weighted by Crippen LogP contribution is -2.29. The molecule has 1 aromatic heterocycles. The van der Waals surface area contributed by atoms with Crippen LogP contribution in [0.25, 0.3) is 11.3 Å². The van der Waals surface area contributed by atoms with Gasteiger partial charge < -0.3 is 10.1 Å². The molecule has 6 nitrogen and oxygen atoms in total. The van der Waals surface area contributed by atoms with Gasteiger partial charge in [0, 0.05) is 17.3 Å². The molecular formula is C21H21N3O3. The van der Waals surface area contributed by atoms with Crippen LogP contribution in [0.1, 0.15) is 11.1 Å². The topological polar surface area (TPSA) is 73.2 Å². The van der Waals surface area contributed by atoms with E-state index in [4.69, 9.17) is 4.74 Å². The van der Waals surface area contributed by atoms with E-state index in [2.05, 4.69) is 10.4 Å². The molecule has 0 saturated heterocycles. The minimum Gasteiger partial charge on any atom is -0.497 e. The molecule has 1 amide bonds. The zero-order valence-electron chi connectivity index (χ0n) is 15.5. The molecular weight excluding hydrogens is 342 g/mol. The van der Waals surface area contributed by atoms with E-state index in [1.165, 1.54) is 10.7 Å². The average Bonchev–Trinajstić information content (AvgIpc) is 2.67. The number of nitrogens with zero attached hydrogens (tertiary/aromatic N) is 2. The first-order chi connectivity index (χ1) is 13.0. The molecule has 0 aliphatic rings. The number of hydrogen-bond acceptors (Lipinski definition) is 4. The fraction of sp³-hybridized carbons (Fsp3) is 0.190. The van der Waals surface area contributed by atoms with Crippen LogP contribution in [-0.4, -0.2) is 22.8 Å². The summed E-state index contributed by atoms with van der Waals surface area (Å²) in [7, 11) is 1.60. The molecule has 27 heavy (non-hydrogen) atoms. The van der Waals surface area contributed by atoms with Gasteiger partial charge in [-0.3, -0.25) is 9.59 Å². The van der Waals surface area contributed by atoms with E-state index >= 15 is 0 Å². The van der Waals surface area contributed by atoms with Gasteiger partial charge in [0.05, 0.1) is 12.8 Å². The monoisotopic (exact) mass is 363 g/mol. The molecule has 0 aliphatic heterocycles. The van der Waals surface area contributed by atoms with Crippen LogP contribution in [-0.2, 0) is 11.3 Å².